The Balaban J connectivity index is 2.24. The quantitative estimate of drug-likeness (QED) is 0.802. The molecule has 6 heteroatoms. The predicted octanol–water partition coefficient (Wildman–Crippen LogP) is 1.47. The van der Waals surface area contributed by atoms with Crippen molar-refractivity contribution in [3.8, 4) is 0 Å². The molecule has 0 saturated heterocycles. The van der Waals surface area contributed by atoms with Gasteiger partial charge in [0.25, 0.3) is 0 Å². The highest BCUT2D eigenvalue weighted by molar-refractivity contribution is 5.92. The fourth-order valence-corrected chi connectivity index (χ4v) is 2.92. The predicted molar refractivity (Wildman–Crippen MR) is 98.3 cm³/mol. The Bertz CT molecular complexity index is 777. The van der Waals surface area contributed by atoms with Crippen LogP contribution in [0.2, 0.25) is 0 Å². The van der Waals surface area contributed by atoms with Crippen LogP contribution >= 0.6 is 0 Å². The van der Waals surface area contributed by atoms with Crippen molar-refractivity contribution in [3.05, 3.63) is 35.4 Å². The second-order valence-electron chi connectivity index (χ2n) is 7.04. The zero-order valence-electron chi connectivity index (χ0n) is 17.7. The maximum absolute atomic E-state index is 12.8. The summed E-state index contributed by atoms with van der Waals surface area (Å²) < 4.78 is 16.1. The average Bonchev–Trinajstić information content (AvgIpc) is 2.73. The molecule has 1 heterocycles. The van der Waals surface area contributed by atoms with Crippen LogP contribution in [0, 0.1) is 11.8 Å². The second-order valence-corrected chi connectivity index (χ2v) is 7.04. The van der Waals surface area contributed by atoms with Gasteiger partial charge in [-0.25, -0.2) is 0 Å². The van der Waals surface area contributed by atoms with Crippen LogP contribution in [0.5, 0.6) is 0 Å². The number of likely N-dealkylation sites (N-methyl/N-ethyl adjacent to an activating group) is 1. The minimum absolute atomic E-state index is 0.292. The Labute approximate surface area is 157 Å². The van der Waals surface area contributed by atoms with Gasteiger partial charge in [0.2, 0.25) is 11.8 Å². The largest absolute Gasteiger partial charge is 0.385 e. The Hall–Kier alpha value is -2.21. The number of nitrogens with one attached hydrogen (secondary N) is 1. The molecule has 0 saturated carbocycles. The van der Waals surface area contributed by atoms with Gasteiger partial charge in [-0.1, -0.05) is 45.0 Å². The molecular weight excluding hydrogens is 332 g/mol. The summed E-state index contributed by atoms with van der Waals surface area (Å²) >= 11 is 0. The van der Waals surface area contributed by atoms with Crippen LogP contribution in [-0.4, -0.2) is 47.3 Å². The summed E-state index contributed by atoms with van der Waals surface area (Å²) in [5.41, 5.74) is 1.61. The number of aliphatic hydroxyl groups is 1. The highest BCUT2D eigenvalue weighted by atomic mass is 16.3. The van der Waals surface area contributed by atoms with E-state index in [1.165, 1.54) is 25.7 Å². The zero-order valence-corrected chi connectivity index (χ0v) is 15.7. The highest BCUT2D eigenvalue weighted by Gasteiger charge is 2.32. The Morgan fingerprint density at radius 2 is 2.00 bits per heavy atom. The maximum Gasteiger partial charge on any atom is 0.249 e. The van der Waals surface area contributed by atoms with Crippen LogP contribution in [0.15, 0.2) is 24.3 Å². The van der Waals surface area contributed by atoms with E-state index in [1.807, 2.05) is 12.1 Å². The fraction of sp³-hybridized carbons (Fsp3) is 0.550. The molecule has 0 bridgehead atoms. The van der Waals surface area contributed by atoms with E-state index < -0.39 is 42.0 Å². The van der Waals surface area contributed by atoms with Gasteiger partial charge in [0.15, 0.2) is 5.78 Å². The van der Waals surface area contributed by atoms with Gasteiger partial charge in [-0.05, 0) is 23.5 Å². The lowest BCUT2D eigenvalue weighted by atomic mass is 9.94. The van der Waals surface area contributed by atoms with Crippen LogP contribution in [0.3, 0.4) is 0 Å². The van der Waals surface area contributed by atoms with Crippen LogP contribution in [-0.2, 0) is 20.8 Å². The standard InChI is InChI=1S/C20H28N2O4/c1-12(2)18(24)16(23)11-13(3)19(25)21-17-15-8-6-5-7-14(15)9-10-22(4)20(17)26/h5-8,12-13,17-18,24H,9-11H2,1-4H3,(H,21,25)/t13-,17+,18+/m1/s1/i13D,18D. The zero-order chi connectivity index (χ0) is 21.3. The number of hydrogen-bond acceptors (Lipinski definition) is 4. The SMILES string of the molecule is [2H][C@@](C)(CC(=O)[C@@]([2H])(O)C(C)C)C(=O)N[C@@H]1C(=O)N(C)CCc2ccccc21. The first-order valence-corrected chi connectivity index (χ1v) is 8.77. The van der Waals surface area contributed by atoms with E-state index in [-0.39, 0.29) is 5.91 Å². The van der Waals surface area contributed by atoms with E-state index in [0.29, 0.717) is 18.5 Å². The Morgan fingerprint density at radius 1 is 1.35 bits per heavy atom. The first-order valence-electron chi connectivity index (χ1n) is 9.77. The topological polar surface area (TPSA) is 86.7 Å². The van der Waals surface area contributed by atoms with Crippen molar-refractivity contribution in [1.82, 2.24) is 10.2 Å². The summed E-state index contributed by atoms with van der Waals surface area (Å²) in [6.07, 6.45) is -2.34. The molecule has 2 rings (SSSR count). The minimum atomic E-state index is -2.37. The molecule has 6 nitrogen and oxygen atoms in total. The molecule has 3 atom stereocenters. The lowest BCUT2D eigenvalue weighted by molar-refractivity contribution is -0.137. The number of amides is 2. The number of ketones is 1. The lowest BCUT2D eigenvalue weighted by Gasteiger charge is -2.24. The smallest absolute Gasteiger partial charge is 0.249 e. The number of fused-ring (bicyclic) bond motifs is 1. The first kappa shape index (κ1) is 17.2. The number of benzene rings is 1. The molecule has 2 N–H and O–H groups in total. The summed E-state index contributed by atoms with van der Waals surface area (Å²) in [5, 5.41) is 12.6. The van der Waals surface area contributed by atoms with Crippen molar-refractivity contribution in [2.75, 3.05) is 13.6 Å². The van der Waals surface area contributed by atoms with Gasteiger partial charge in [0.05, 0.1) is 1.37 Å². The van der Waals surface area contributed by atoms with Gasteiger partial charge in [0.1, 0.15) is 12.1 Å². The number of carbonyl (C=O) groups is 3. The molecular formula is C20H28N2O4. The molecule has 1 aliphatic heterocycles. The first-order chi connectivity index (χ1) is 12.9. The Morgan fingerprint density at radius 3 is 2.65 bits per heavy atom. The molecule has 0 fully saturated rings. The van der Waals surface area contributed by atoms with Gasteiger partial charge < -0.3 is 15.3 Å². The van der Waals surface area contributed by atoms with E-state index in [2.05, 4.69) is 5.32 Å². The number of hydrogen-bond donors (Lipinski definition) is 2. The molecule has 0 unspecified atom stereocenters. The van der Waals surface area contributed by atoms with Crippen LogP contribution < -0.4 is 5.32 Å². The van der Waals surface area contributed by atoms with Crippen LogP contribution in [0.25, 0.3) is 0 Å². The summed E-state index contributed by atoms with van der Waals surface area (Å²) in [4.78, 5) is 39.3. The van der Waals surface area contributed by atoms with E-state index in [9.17, 15) is 19.5 Å². The molecule has 26 heavy (non-hydrogen) atoms. The van der Waals surface area contributed by atoms with Crippen molar-refractivity contribution in [2.24, 2.45) is 11.8 Å². The fourth-order valence-electron chi connectivity index (χ4n) is 2.92. The van der Waals surface area contributed by atoms with Crippen LogP contribution in [0.4, 0.5) is 0 Å². The average molecular weight is 362 g/mol. The van der Waals surface area contributed by atoms with E-state index >= 15 is 0 Å². The summed E-state index contributed by atoms with van der Waals surface area (Å²) in [6.45, 7) is 4.79. The third kappa shape index (κ3) is 4.49. The molecule has 0 aliphatic carbocycles. The van der Waals surface area contributed by atoms with Gasteiger partial charge in [-0.3, -0.25) is 14.4 Å². The van der Waals surface area contributed by atoms with Crippen molar-refractivity contribution < 1.29 is 22.2 Å². The third-order valence-corrected chi connectivity index (χ3v) is 4.63. The number of Topliss-reactive ketones (excluding diaryl/α,β-unsaturated/α-hetero) is 1. The molecule has 0 spiro atoms. The number of rotatable bonds is 6. The molecule has 1 aromatic rings. The molecule has 0 radical (unpaired) electrons. The second kappa shape index (κ2) is 8.45. The van der Waals surface area contributed by atoms with Gasteiger partial charge in [-0.15, -0.1) is 0 Å². The normalized spacial score (nSPS) is 23.1. The van der Waals surface area contributed by atoms with E-state index in [4.69, 9.17) is 2.74 Å². The molecule has 142 valence electrons. The summed E-state index contributed by atoms with van der Waals surface area (Å²) in [7, 11) is 1.65. The number of nitrogens with zero attached hydrogens (tertiary/aromatic N) is 1. The van der Waals surface area contributed by atoms with Crippen molar-refractivity contribution in [2.45, 2.75) is 45.7 Å². The summed E-state index contributed by atoms with van der Waals surface area (Å²) in [6, 6.07) is 6.36. The van der Waals surface area contributed by atoms with E-state index in [1.54, 1.807) is 19.2 Å². The highest BCUT2D eigenvalue weighted by Crippen LogP contribution is 2.25. The van der Waals surface area contributed by atoms with Crippen molar-refractivity contribution in [1.29, 1.82) is 0 Å². The van der Waals surface area contributed by atoms with E-state index in [0.717, 1.165) is 5.56 Å². The minimum Gasteiger partial charge on any atom is -0.385 e. The molecule has 2 amide bonds. The molecule has 1 aromatic carbocycles. The van der Waals surface area contributed by atoms with Gasteiger partial charge in [-0.2, -0.15) is 0 Å². The molecule has 1 aliphatic rings. The molecule has 0 aromatic heterocycles. The maximum atomic E-state index is 12.8. The Kier molecular flexibility index (Phi) is 5.59. The third-order valence-electron chi connectivity index (χ3n) is 4.63. The van der Waals surface area contributed by atoms with Crippen LogP contribution in [0.1, 0.15) is 47.1 Å². The summed E-state index contributed by atoms with van der Waals surface area (Å²) in [5.74, 6) is -4.60. The monoisotopic (exact) mass is 362 g/mol. The van der Waals surface area contributed by atoms with Crippen molar-refractivity contribution in [3.63, 3.8) is 0 Å². The number of carbonyl (C=O) groups excluding carboxylic acids is 3. The van der Waals surface area contributed by atoms with Crippen molar-refractivity contribution >= 4 is 17.6 Å². The lowest BCUT2D eigenvalue weighted by Crippen LogP contribution is -2.43. The van der Waals surface area contributed by atoms with Gasteiger partial charge in [0, 0.05) is 27.3 Å². The van der Waals surface area contributed by atoms with Gasteiger partial charge >= 0.3 is 0 Å².